The summed E-state index contributed by atoms with van der Waals surface area (Å²) in [5.41, 5.74) is 0. The van der Waals surface area contributed by atoms with E-state index < -0.39 is 6.72 Å². The predicted molar refractivity (Wildman–Crippen MR) is 37.6 cm³/mol. The van der Waals surface area contributed by atoms with Crippen molar-refractivity contribution in [1.29, 1.82) is 0 Å². The third-order valence-corrected chi connectivity index (χ3v) is 1.21. The van der Waals surface area contributed by atoms with Crippen molar-refractivity contribution in [3.05, 3.63) is 0 Å². The van der Waals surface area contributed by atoms with Gasteiger partial charge in [0, 0.05) is 0 Å². The Morgan fingerprint density at radius 2 is 2.00 bits per heavy atom. The molecule has 0 rings (SSSR count). The Morgan fingerprint density at radius 1 is 1.62 bits per heavy atom. The Morgan fingerprint density at radius 3 is 2.00 bits per heavy atom. The lowest BCUT2D eigenvalue weighted by atomic mass is 10.9. The molecule has 0 aliphatic heterocycles. The van der Waals surface area contributed by atoms with Crippen LogP contribution in [0.4, 0.5) is 0 Å². The highest BCUT2D eigenvalue weighted by Gasteiger charge is 2.03. The first-order valence-electron chi connectivity index (χ1n) is 1.76. The number of hydrogen-bond donors (Lipinski definition) is 2. The highest BCUT2D eigenvalue weighted by Crippen LogP contribution is 2.35. The summed E-state index contributed by atoms with van der Waals surface area (Å²) >= 11 is 4.08. The molecule has 0 unspecified atom stereocenters. The van der Waals surface area contributed by atoms with Crippen LogP contribution in [0.25, 0.3) is 0 Å². The molecule has 0 amide bonds. The molecule has 0 aliphatic carbocycles. The third kappa shape index (κ3) is 9.94. The maximum Gasteiger partial charge on any atom is 0.321 e. The minimum Gasteiger partial charge on any atom is -0.325 e. The van der Waals surface area contributed by atoms with Crippen LogP contribution < -0.4 is 0 Å². The molecule has 0 aromatic heterocycles. The van der Waals surface area contributed by atoms with Crippen LogP contribution in [0.1, 0.15) is 6.92 Å². The average molecular weight is 179 g/mol. The number of hydrogen-bond acceptors (Lipinski definition) is 2. The fourth-order valence-electron chi connectivity index (χ4n) is 0.168. The highest BCUT2D eigenvalue weighted by molar-refractivity contribution is 8.06. The van der Waals surface area contributed by atoms with Gasteiger partial charge in [0.25, 0.3) is 0 Å². The van der Waals surface area contributed by atoms with Crippen LogP contribution in [-0.4, -0.2) is 16.4 Å². The topological polar surface area (TPSA) is 49.7 Å². The molecule has 52 valence electrons. The van der Waals surface area contributed by atoms with Gasteiger partial charge >= 0.3 is 6.72 Å². The van der Waals surface area contributed by atoms with Crippen molar-refractivity contribution < 1.29 is 14.3 Å². The molecule has 0 radical (unpaired) electrons. The maximum atomic E-state index is 8.28. The van der Waals surface area contributed by atoms with Crippen molar-refractivity contribution in [3.63, 3.8) is 0 Å². The Balaban J connectivity index is 0. The second-order valence-electron chi connectivity index (χ2n) is 0.908. The molecule has 0 aromatic rings. The lowest BCUT2D eigenvalue weighted by molar-refractivity contribution is 0.265. The molecule has 0 aromatic carbocycles. The van der Waals surface area contributed by atoms with Crippen LogP contribution >= 0.6 is 19.1 Å². The fraction of sp³-hybridized carbons (Fsp3) is 1.00. The summed E-state index contributed by atoms with van der Waals surface area (Å²) in [5.74, 6) is 0. The largest absolute Gasteiger partial charge is 0.325 e. The van der Waals surface area contributed by atoms with Crippen LogP contribution in [0.5, 0.6) is 0 Å². The van der Waals surface area contributed by atoms with E-state index >= 15 is 0 Å². The summed E-state index contributed by atoms with van der Waals surface area (Å²) < 4.78 is 4.27. The van der Waals surface area contributed by atoms with Gasteiger partial charge in [-0.2, -0.15) is 0 Å². The van der Waals surface area contributed by atoms with Gasteiger partial charge in [0.05, 0.1) is 6.61 Å². The van der Waals surface area contributed by atoms with Gasteiger partial charge < -0.3 is 14.3 Å². The number of rotatable bonds is 2. The monoisotopic (exact) mass is 178 g/mol. The predicted octanol–water partition coefficient (Wildman–Crippen LogP) is 0.654. The quantitative estimate of drug-likeness (QED) is 0.610. The van der Waals surface area contributed by atoms with E-state index in [9.17, 15) is 0 Å². The molecule has 0 saturated heterocycles. The maximum absolute atomic E-state index is 8.28. The van der Waals surface area contributed by atoms with E-state index in [4.69, 9.17) is 9.79 Å². The smallest absolute Gasteiger partial charge is 0.321 e. The Labute approximate surface area is 59.3 Å². The number of halogens is 1. The Hall–Kier alpha value is 0.820. The minimum absolute atomic E-state index is 0. The van der Waals surface area contributed by atoms with Gasteiger partial charge in [-0.1, -0.05) is 0 Å². The summed E-state index contributed by atoms with van der Waals surface area (Å²) in [4.78, 5) is 16.6. The zero-order valence-corrected chi connectivity index (χ0v) is 6.80. The van der Waals surface area contributed by atoms with E-state index in [1.165, 1.54) is 0 Å². The molecule has 0 bridgehead atoms. The van der Waals surface area contributed by atoms with E-state index in [2.05, 4.69) is 16.3 Å². The summed E-state index contributed by atoms with van der Waals surface area (Å²) in [5, 5.41) is 0. The van der Waals surface area contributed by atoms with Gasteiger partial charge in [-0.15, -0.1) is 12.4 Å². The van der Waals surface area contributed by atoms with E-state index in [-0.39, 0.29) is 19.0 Å². The first kappa shape index (κ1) is 11.6. The van der Waals surface area contributed by atoms with Gasteiger partial charge in [-0.3, -0.25) is 0 Å². The zero-order chi connectivity index (χ0) is 5.91. The van der Waals surface area contributed by atoms with Crippen molar-refractivity contribution in [1.82, 2.24) is 0 Å². The molecule has 0 saturated carbocycles. The minimum atomic E-state index is -3.33. The summed E-state index contributed by atoms with van der Waals surface area (Å²) in [6, 6.07) is 0. The molecule has 0 atom stereocenters. The molecule has 3 nitrogen and oxygen atoms in total. The van der Waals surface area contributed by atoms with Crippen LogP contribution in [0, 0.1) is 0 Å². The summed E-state index contributed by atoms with van der Waals surface area (Å²) in [7, 11) is 0. The molecule has 2 N–H and O–H groups in total. The first-order valence-corrected chi connectivity index (χ1v) is 4.39. The van der Waals surface area contributed by atoms with E-state index in [1.807, 2.05) is 0 Å². The summed E-state index contributed by atoms with van der Waals surface area (Å²) in [6.45, 7) is -1.43. The van der Waals surface area contributed by atoms with Crippen molar-refractivity contribution >= 4 is 30.9 Å². The van der Waals surface area contributed by atoms with Gasteiger partial charge in [0.15, 0.2) is 0 Å². The molecule has 6 heteroatoms. The fourth-order valence-corrected chi connectivity index (χ4v) is 0.821. The molecular weight excluding hydrogens is 171 g/mol. The molecular formula is C2H8ClO3PS. The Kier molecular flexibility index (Phi) is 6.78. The van der Waals surface area contributed by atoms with Gasteiger partial charge in [0.2, 0.25) is 0 Å². The standard InChI is InChI=1S/C2H7O3PS.ClH/c1-2-5-6(3,4)7;/h2H2,1H3,(H2,3,4,7);1H. The van der Waals surface area contributed by atoms with Crippen molar-refractivity contribution in [2.24, 2.45) is 0 Å². The normalized spacial score (nSPS) is 10.4. The van der Waals surface area contributed by atoms with Crippen LogP contribution in [-0.2, 0) is 16.3 Å². The zero-order valence-electron chi connectivity index (χ0n) is 4.27. The van der Waals surface area contributed by atoms with E-state index in [1.54, 1.807) is 6.92 Å². The third-order valence-electron chi connectivity index (χ3n) is 0.297. The SMILES string of the molecule is CCOP(O)(O)=S.Cl. The van der Waals surface area contributed by atoms with Gasteiger partial charge in [-0.05, 0) is 18.7 Å². The van der Waals surface area contributed by atoms with Crippen LogP contribution in [0.3, 0.4) is 0 Å². The Bertz CT molecular complexity index is 91.3. The average Bonchev–Trinajstić information content (AvgIpc) is 1.30. The molecule has 0 heterocycles. The second kappa shape index (κ2) is 4.68. The van der Waals surface area contributed by atoms with Crippen molar-refractivity contribution in [2.45, 2.75) is 6.92 Å². The van der Waals surface area contributed by atoms with Crippen molar-refractivity contribution in [2.75, 3.05) is 6.61 Å². The van der Waals surface area contributed by atoms with Gasteiger partial charge in [-0.25, -0.2) is 0 Å². The first-order chi connectivity index (χ1) is 3.06. The molecule has 0 spiro atoms. The van der Waals surface area contributed by atoms with Crippen LogP contribution in [0.2, 0.25) is 0 Å². The van der Waals surface area contributed by atoms with Crippen molar-refractivity contribution in [3.8, 4) is 0 Å². The second-order valence-corrected chi connectivity index (χ2v) is 3.57. The van der Waals surface area contributed by atoms with E-state index in [0.29, 0.717) is 0 Å². The molecule has 0 fully saturated rings. The molecule has 8 heavy (non-hydrogen) atoms. The van der Waals surface area contributed by atoms with Gasteiger partial charge in [0.1, 0.15) is 0 Å². The lowest BCUT2D eigenvalue weighted by Crippen LogP contribution is -1.84. The summed E-state index contributed by atoms with van der Waals surface area (Å²) in [6.07, 6.45) is 0. The molecule has 0 aliphatic rings. The highest BCUT2D eigenvalue weighted by atomic mass is 35.5. The lowest BCUT2D eigenvalue weighted by Gasteiger charge is -2.02. The van der Waals surface area contributed by atoms with E-state index in [0.717, 1.165) is 0 Å². The van der Waals surface area contributed by atoms with Crippen LogP contribution in [0.15, 0.2) is 0 Å².